The van der Waals surface area contributed by atoms with Crippen molar-refractivity contribution >= 4 is 22.9 Å². The van der Waals surface area contributed by atoms with Gasteiger partial charge in [-0.1, -0.05) is 48.4 Å². The zero-order valence-electron chi connectivity index (χ0n) is 8.38. The van der Waals surface area contributed by atoms with Crippen LogP contribution in [0, 0.1) is 6.92 Å². The Morgan fingerprint density at radius 2 is 1.93 bits per heavy atom. The van der Waals surface area contributed by atoms with Crippen LogP contribution in [-0.2, 0) is 4.79 Å². The van der Waals surface area contributed by atoms with Gasteiger partial charge in [0.15, 0.2) is 0 Å². The molecule has 0 fully saturated rings. The van der Waals surface area contributed by atoms with Crippen molar-refractivity contribution in [3.05, 3.63) is 41.0 Å². The lowest BCUT2D eigenvalue weighted by molar-refractivity contribution is -0.104. The molecule has 0 unspecified atom stereocenters. The third kappa shape index (κ3) is 2.46. The fourth-order valence-electron chi connectivity index (χ4n) is 1.18. The summed E-state index contributed by atoms with van der Waals surface area (Å²) in [6.45, 7) is 3.93. The van der Waals surface area contributed by atoms with E-state index in [4.69, 9.17) is 11.6 Å². The van der Waals surface area contributed by atoms with E-state index in [0.29, 0.717) is 17.0 Å². The SMILES string of the molecule is CCC(C=O)=C(Cl)c1ccc(C)cc1. The molecular weight excluding hydrogens is 196 g/mol. The average molecular weight is 209 g/mol. The van der Waals surface area contributed by atoms with Gasteiger partial charge in [0.05, 0.1) is 5.03 Å². The maximum absolute atomic E-state index is 10.7. The van der Waals surface area contributed by atoms with Crippen molar-refractivity contribution in [2.45, 2.75) is 20.3 Å². The van der Waals surface area contributed by atoms with E-state index in [1.807, 2.05) is 38.1 Å². The van der Waals surface area contributed by atoms with Gasteiger partial charge in [-0.05, 0) is 18.9 Å². The van der Waals surface area contributed by atoms with Gasteiger partial charge in [0, 0.05) is 5.57 Å². The first-order valence-corrected chi connectivity index (χ1v) is 4.97. The summed E-state index contributed by atoms with van der Waals surface area (Å²) in [6, 6.07) is 7.82. The minimum Gasteiger partial charge on any atom is -0.298 e. The van der Waals surface area contributed by atoms with Gasteiger partial charge in [-0.3, -0.25) is 4.79 Å². The van der Waals surface area contributed by atoms with E-state index in [1.54, 1.807) is 0 Å². The van der Waals surface area contributed by atoms with Gasteiger partial charge in [0.2, 0.25) is 0 Å². The molecule has 0 aliphatic heterocycles. The lowest BCUT2D eigenvalue weighted by atomic mass is 10.1. The lowest BCUT2D eigenvalue weighted by Crippen LogP contribution is -1.87. The van der Waals surface area contributed by atoms with E-state index < -0.39 is 0 Å². The van der Waals surface area contributed by atoms with Crippen LogP contribution in [0.1, 0.15) is 24.5 Å². The lowest BCUT2D eigenvalue weighted by Gasteiger charge is -2.03. The molecule has 0 aromatic heterocycles. The minimum atomic E-state index is 0.558. The number of allylic oxidation sites excluding steroid dienone is 1. The topological polar surface area (TPSA) is 17.1 Å². The molecule has 1 rings (SSSR count). The van der Waals surface area contributed by atoms with Crippen molar-refractivity contribution in [3.8, 4) is 0 Å². The van der Waals surface area contributed by atoms with Crippen LogP contribution in [0.25, 0.3) is 5.03 Å². The molecule has 1 nitrogen and oxygen atoms in total. The highest BCUT2D eigenvalue weighted by molar-refractivity contribution is 6.50. The van der Waals surface area contributed by atoms with Crippen LogP contribution in [0.3, 0.4) is 0 Å². The summed E-state index contributed by atoms with van der Waals surface area (Å²) in [5.74, 6) is 0. The van der Waals surface area contributed by atoms with Gasteiger partial charge >= 0.3 is 0 Å². The fourth-order valence-corrected chi connectivity index (χ4v) is 1.48. The summed E-state index contributed by atoms with van der Waals surface area (Å²) in [6.07, 6.45) is 1.48. The zero-order valence-corrected chi connectivity index (χ0v) is 9.14. The summed E-state index contributed by atoms with van der Waals surface area (Å²) in [5.41, 5.74) is 2.74. The van der Waals surface area contributed by atoms with Gasteiger partial charge in [-0.15, -0.1) is 0 Å². The predicted molar refractivity (Wildman–Crippen MR) is 60.3 cm³/mol. The first-order chi connectivity index (χ1) is 6.69. The molecule has 74 valence electrons. The molecule has 0 amide bonds. The standard InChI is InChI=1S/C12H13ClO/c1-3-10(8-14)12(13)11-6-4-9(2)5-7-11/h4-8H,3H2,1-2H3. The van der Waals surface area contributed by atoms with Crippen molar-refractivity contribution < 1.29 is 4.79 Å². The van der Waals surface area contributed by atoms with E-state index in [9.17, 15) is 4.79 Å². The average Bonchev–Trinajstić information content (AvgIpc) is 2.20. The largest absolute Gasteiger partial charge is 0.298 e. The molecule has 0 saturated carbocycles. The summed E-state index contributed by atoms with van der Waals surface area (Å²) < 4.78 is 0. The first kappa shape index (κ1) is 11.0. The molecular formula is C12H13ClO. The maximum atomic E-state index is 10.7. The molecule has 14 heavy (non-hydrogen) atoms. The highest BCUT2D eigenvalue weighted by atomic mass is 35.5. The molecule has 0 spiro atoms. The van der Waals surface area contributed by atoms with Crippen molar-refractivity contribution in [1.82, 2.24) is 0 Å². The van der Waals surface area contributed by atoms with E-state index in [2.05, 4.69) is 0 Å². The van der Waals surface area contributed by atoms with Gasteiger partial charge in [0.25, 0.3) is 0 Å². The van der Waals surface area contributed by atoms with Crippen molar-refractivity contribution in [2.75, 3.05) is 0 Å². The highest BCUT2D eigenvalue weighted by Crippen LogP contribution is 2.23. The Kier molecular flexibility index (Phi) is 3.90. The predicted octanol–water partition coefficient (Wildman–Crippen LogP) is 3.55. The van der Waals surface area contributed by atoms with Crippen LogP contribution >= 0.6 is 11.6 Å². The number of carbonyl (C=O) groups excluding carboxylic acids is 1. The number of hydrogen-bond donors (Lipinski definition) is 0. The number of aryl methyl sites for hydroxylation is 1. The zero-order chi connectivity index (χ0) is 10.6. The second-order valence-corrected chi connectivity index (χ2v) is 3.55. The van der Waals surface area contributed by atoms with Gasteiger partial charge in [-0.2, -0.15) is 0 Å². The Labute approximate surface area is 89.4 Å². The minimum absolute atomic E-state index is 0.558. The number of hydrogen-bond acceptors (Lipinski definition) is 1. The second-order valence-electron chi connectivity index (χ2n) is 3.18. The second kappa shape index (κ2) is 4.97. The van der Waals surface area contributed by atoms with E-state index in [-0.39, 0.29) is 0 Å². The Hall–Kier alpha value is -1.08. The first-order valence-electron chi connectivity index (χ1n) is 4.60. The van der Waals surface area contributed by atoms with Crippen LogP contribution < -0.4 is 0 Å². The normalized spacial score (nSPS) is 12.2. The molecule has 0 N–H and O–H groups in total. The van der Waals surface area contributed by atoms with E-state index in [0.717, 1.165) is 11.8 Å². The molecule has 0 atom stereocenters. The number of carbonyl (C=O) groups is 1. The van der Waals surface area contributed by atoms with Crippen LogP contribution in [0.4, 0.5) is 0 Å². The Morgan fingerprint density at radius 1 is 1.36 bits per heavy atom. The van der Waals surface area contributed by atoms with Crippen molar-refractivity contribution in [1.29, 1.82) is 0 Å². The summed E-state index contributed by atoms with van der Waals surface area (Å²) >= 11 is 6.07. The molecule has 0 heterocycles. The summed E-state index contributed by atoms with van der Waals surface area (Å²) in [4.78, 5) is 10.7. The molecule has 1 aromatic rings. The quantitative estimate of drug-likeness (QED) is 0.549. The van der Waals surface area contributed by atoms with Gasteiger partial charge in [-0.25, -0.2) is 0 Å². The molecule has 1 aromatic carbocycles. The van der Waals surface area contributed by atoms with Crippen LogP contribution in [0.15, 0.2) is 29.8 Å². The van der Waals surface area contributed by atoms with E-state index >= 15 is 0 Å². The van der Waals surface area contributed by atoms with Gasteiger partial charge < -0.3 is 0 Å². The van der Waals surface area contributed by atoms with Crippen molar-refractivity contribution in [3.63, 3.8) is 0 Å². The number of rotatable bonds is 3. The third-order valence-electron chi connectivity index (χ3n) is 2.11. The smallest absolute Gasteiger partial charge is 0.147 e. The third-order valence-corrected chi connectivity index (χ3v) is 2.57. The van der Waals surface area contributed by atoms with Crippen LogP contribution in [0.2, 0.25) is 0 Å². The van der Waals surface area contributed by atoms with Crippen molar-refractivity contribution in [2.24, 2.45) is 0 Å². The molecule has 0 radical (unpaired) electrons. The summed E-state index contributed by atoms with van der Waals surface area (Å²) in [5, 5.41) is 0.558. The monoisotopic (exact) mass is 208 g/mol. The Morgan fingerprint density at radius 3 is 2.36 bits per heavy atom. The maximum Gasteiger partial charge on any atom is 0.147 e. The molecule has 0 bridgehead atoms. The van der Waals surface area contributed by atoms with Crippen LogP contribution in [0.5, 0.6) is 0 Å². The molecule has 0 aliphatic carbocycles. The van der Waals surface area contributed by atoms with Gasteiger partial charge in [0.1, 0.15) is 6.29 Å². The number of halogens is 1. The highest BCUT2D eigenvalue weighted by Gasteiger charge is 2.03. The van der Waals surface area contributed by atoms with E-state index in [1.165, 1.54) is 5.56 Å². The Bertz CT molecular complexity index is 349. The number of benzene rings is 1. The van der Waals surface area contributed by atoms with Crippen LogP contribution in [-0.4, -0.2) is 6.29 Å². The summed E-state index contributed by atoms with van der Waals surface area (Å²) in [7, 11) is 0. The number of aldehydes is 1. The molecule has 2 heteroatoms. The Balaban J connectivity index is 3.10. The molecule has 0 saturated heterocycles. The fraction of sp³-hybridized carbons (Fsp3) is 0.250. The molecule has 0 aliphatic rings.